The monoisotopic (exact) mass is 283 g/mol. The number of carbonyl (C=O) groups is 2. The van der Waals surface area contributed by atoms with Crippen LogP contribution in [0.25, 0.3) is 0 Å². The minimum absolute atomic E-state index is 0.0847. The van der Waals surface area contributed by atoms with E-state index in [4.69, 9.17) is 9.47 Å². The third kappa shape index (κ3) is 6.08. The molecule has 1 amide bonds. The first-order valence-corrected chi connectivity index (χ1v) is 7.17. The van der Waals surface area contributed by atoms with Gasteiger partial charge in [0.2, 0.25) is 0 Å². The van der Waals surface area contributed by atoms with E-state index in [1.54, 1.807) is 0 Å². The van der Waals surface area contributed by atoms with Crippen LogP contribution >= 0.6 is 0 Å². The molecule has 0 heterocycles. The molecule has 0 bridgehead atoms. The normalized spacial score (nSPS) is 18.4. The highest BCUT2D eigenvalue weighted by molar-refractivity contribution is 5.89. The first-order valence-electron chi connectivity index (χ1n) is 7.17. The van der Waals surface area contributed by atoms with Gasteiger partial charge in [-0.3, -0.25) is 0 Å². The van der Waals surface area contributed by atoms with Crippen molar-refractivity contribution in [1.82, 2.24) is 5.32 Å². The second-order valence-corrected chi connectivity index (χ2v) is 6.00. The number of hydrogen-bond donors (Lipinski definition) is 1. The standard InChI is InChI=1S/C15H25NO4/c1-5-6-9-19-13(17)11-7-8-12(10-11)16-14(18)20-15(2,3)4/h7,12H,5-6,8-10H2,1-4H3,(H,16,18). The number of rotatable bonds is 5. The molecular weight excluding hydrogens is 258 g/mol. The van der Waals surface area contributed by atoms with Crippen LogP contribution in [-0.2, 0) is 14.3 Å². The molecule has 0 radical (unpaired) electrons. The van der Waals surface area contributed by atoms with Gasteiger partial charge in [0.05, 0.1) is 6.61 Å². The van der Waals surface area contributed by atoms with Crippen LogP contribution in [0.2, 0.25) is 0 Å². The van der Waals surface area contributed by atoms with Gasteiger partial charge in [0.1, 0.15) is 5.60 Å². The van der Waals surface area contributed by atoms with E-state index < -0.39 is 11.7 Å². The topological polar surface area (TPSA) is 64.6 Å². The van der Waals surface area contributed by atoms with Gasteiger partial charge in [0, 0.05) is 11.6 Å². The number of esters is 1. The van der Waals surface area contributed by atoms with Crippen LogP contribution in [-0.4, -0.2) is 30.3 Å². The molecule has 0 aromatic heterocycles. The lowest BCUT2D eigenvalue weighted by molar-refractivity contribution is -0.139. The van der Waals surface area contributed by atoms with Crippen LogP contribution in [0.4, 0.5) is 4.79 Å². The van der Waals surface area contributed by atoms with E-state index in [1.165, 1.54) is 0 Å². The summed E-state index contributed by atoms with van der Waals surface area (Å²) in [6.07, 6.45) is 4.39. The lowest BCUT2D eigenvalue weighted by Gasteiger charge is -2.21. The van der Waals surface area contributed by atoms with Gasteiger partial charge in [-0.15, -0.1) is 0 Å². The molecule has 0 aromatic carbocycles. The molecule has 0 saturated heterocycles. The Balaban J connectivity index is 2.31. The Hall–Kier alpha value is -1.52. The highest BCUT2D eigenvalue weighted by Gasteiger charge is 2.26. The molecule has 0 aromatic rings. The molecule has 0 spiro atoms. The van der Waals surface area contributed by atoms with Gasteiger partial charge in [-0.1, -0.05) is 19.4 Å². The van der Waals surface area contributed by atoms with Crippen LogP contribution < -0.4 is 5.32 Å². The molecule has 5 heteroatoms. The van der Waals surface area contributed by atoms with Crippen molar-refractivity contribution in [2.45, 2.75) is 65.0 Å². The summed E-state index contributed by atoms with van der Waals surface area (Å²) in [4.78, 5) is 23.4. The van der Waals surface area contributed by atoms with Crippen molar-refractivity contribution >= 4 is 12.1 Å². The summed E-state index contributed by atoms with van der Waals surface area (Å²) in [5.74, 6) is -0.271. The summed E-state index contributed by atoms with van der Waals surface area (Å²) in [5, 5.41) is 2.77. The predicted molar refractivity (Wildman–Crippen MR) is 76.3 cm³/mol. The van der Waals surface area contributed by atoms with Gasteiger partial charge in [-0.25, -0.2) is 9.59 Å². The summed E-state index contributed by atoms with van der Waals surface area (Å²) < 4.78 is 10.3. The number of hydrogen-bond acceptors (Lipinski definition) is 4. The molecule has 114 valence electrons. The predicted octanol–water partition coefficient (Wildman–Crippen LogP) is 2.94. The molecule has 1 aliphatic carbocycles. The van der Waals surface area contributed by atoms with Crippen molar-refractivity contribution in [3.8, 4) is 0 Å². The van der Waals surface area contributed by atoms with E-state index in [1.807, 2.05) is 33.8 Å². The SMILES string of the molecule is CCCCOC(=O)C1=CCC(NC(=O)OC(C)(C)C)C1. The Morgan fingerprint density at radius 1 is 1.40 bits per heavy atom. The average molecular weight is 283 g/mol. The van der Waals surface area contributed by atoms with Gasteiger partial charge in [0.15, 0.2) is 0 Å². The Labute approximate surface area is 120 Å². The third-order valence-corrected chi connectivity index (χ3v) is 2.83. The number of ether oxygens (including phenoxy) is 2. The van der Waals surface area contributed by atoms with Crippen molar-refractivity contribution in [3.05, 3.63) is 11.6 Å². The van der Waals surface area contributed by atoms with Crippen LogP contribution in [0.15, 0.2) is 11.6 Å². The van der Waals surface area contributed by atoms with Gasteiger partial charge in [-0.2, -0.15) is 0 Å². The van der Waals surface area contributed by atoms with E-state index in [0.29, 0.717) is 25.0 Å². The fraction of sp³-hybridized carbons (Fsp3) is 0.733. The highest BCUT2D eigenvalue weighted by atomic mass is 16.6. The Kier molecular flexibility index (Phi) is 6.05. The maximum absolute atomic E-state index is 11.7. The lowest BCUT2D eigenvalue weighted by Crippen LogP contribution is -2.38. The maximum Gasteiger partial charge on any atom is 0.407 e. The average Bonchev–Trinajstić information content (AvgIpc) is 2.75. The summed E-state index contributed by atoms with van der Waals surface area (Å²) in [7, 11) is 0. The van der Waals surface area contributed by atoms with E-state index in [2.05, 4.69) is 5.32 Å². The van der Waals surface area contributed by atoms with E-state index in [-0.39, 0.29) is 12.0 Å². The van der Waals surface area contributed by atoms with E-state index in [0.717, 1.165) is 12.8 Å². The fourth-order valence-electron chi connectivity index (χ4n) is 1.87. The maximum atomic E-state index is 11.7. The van der Waals surface area contributed by atoms with Gasteiger partial charge >= 0.3 is 12.1 Å². The van der Waals surface area contributed by atoms with E-state index >= 15 is 0 Å². The Morgan fingerprint density at radius 3 is 2.70 bits per heavy atom. The molecule has 0 saturated carbocycles. The summed E-state index contributed by atoms with van der Waals surface area (Å²) in [5.41, 5.74) is 0.125. The second kappa shape index (κ2) is 7.31. The third-order valence-electron chi connectivity index (χ3n) is 2.83. The quantitative estimate of drug-likeness (QED) is 0.622. The lowest BCUT2D eigenvalue weighted by atomic mass is 10.2. The Morgan fingerprint density at radius 2 is 2.10 bits per heavy atom. The van der Waals surface area contributed by atoms with Crippen LogP contribution in [0.5, 0.6) is 0 Å². The minimum atomic E-state index is -0.516. The molecular formula is C15H25NO4. The first-order chi connectivity index (χ1) is 9.31. The molecule has 1 aliphatic rings. The first kappa shape index (κ1) is 16.5. The molecule has 0 aliphatic heterocycles. The molecule has 20 heavy (non-hydrogen) atoms. The Bertz CT molecular complexity index is 382. The van der Waals surface area contributed by atoms with Crippen molar-refractivity contribution in [1.29, 1.82) is 0 Å². The smallest absolute Gasteiger partial charge is 0.407 e. The number of amides is 1. The zero-order chi connectivity index (χ0) is 15.2. The van der Waals surface area contributed by atoms with Gasteiger partial charge < -0.3 is 14.8 Å². The molecule has 1 rings (SSSR count). The van der Waals surface area contributed by atoms with Crippen LogP contribution in [0, 0.1) is 0 Å². The van der Waals surface area contributed by atoms with Crippen molar-refractivity contribution in [2.75, 3.05) is 6.61 Å². The fourth-order valence-corrected chi connectivity index (χ4v) is 1.87. The molecule has 0 fully saturated rings. The zero-order valence-electron chi connectivity index (χ0n) is 12.8. The molecule has 1 N–H and O–H groups in total. The molecule has 1 unspecified atom stereocenters. The van der Waals surface area contributed by atoms with Crippen molar-refractivity contribution < 1.29 is 19.1 Å². The number of carbonyl (C=O) groups excluding carboxylic acids is 2. The van der Waals surface area contributed by atoms with Crippen molar-refractivity contribution in [3.63, 3.8) is 0 Å². The molecule has 1 atom stereocenters. The number of nitrogens with one attached hydrogen (secondary N) is 1. The largest absolute Gasteiger partial charge is 0.462 e. The minimum Gasteiger partial charge on any atom is -0.462 e. The number of unbranched alkanes of at least 4 members (excludes halogenated alkanes) is 1. The van der Waals surface area contributed by atoms with Crippen molar-refractivity contribution in [2.24, 2.45) is 0 Å². The van der Waals surface area contributed by atoms with E-state index in [9.17, 15) is 9.59 Å². The molecule has 5 nitrogen and oxygen atoms in total. The highest BCUT2D eigenvalue weighted by Crippen LogP contribution is 2.20. The van der Waals surface area contributed by atoms with Crippen LogP contribution in [0.1, 0.15) is 53.4 Å². The zero-order valence-corrected chi connectivity index (χ0v) is 12.8. The number of alkyl carbamates (subject to hydrolysis) is 1. The summed E-state index contributed by atoms with van der Waals surface area (Å²) in [6, 6.07) is -0.0847. The van der Waals surface area contributed by atoms with Crippen LogP contribution in [0.3, 0.4) is 0 Å². The summed E-state index contributed by atoms with van der Waals surface area (Å²) in [6.45, 7) is 7.95. The second-order valence-electron chi connectivity index (χ2n) is 6.00. The van der Waals surface area contributed by atoms with Gasteiger partial charge in [0.25, 0.3) is 0 Å². The summed E-state index contributed by atoms with van der Waals surface area (Å²) >= 11 is 0. The van der Waals surface area contributed by atoms with Gasteiger partial charge in [-0.05, 0) is 40.0 Å².